The summed E-state index contributed by atoms with van der Waals surface area (Å²) in [7, 11) is 0. The van der Waals surface area contributed by atoms with E-state index in [4.69, 9.17) is 10.8 Å². The molecule has 0 radical (unpaired) electrons. The Balaban J connectivity index is 1.66. The van der Waals surface area contributed by atoms with Crippen molar-refractivity contribution >= 4 is 5.91 Å². The van der Waals surface area contributed by atoms with Gasteiger partial charge in [-0.1, -0.05) is 19.1 Å². The van der Waals surface area contributed by atoms with E-state index in [0.29, 0.717) is 5.69 Å². The molecule has 1 amide bonds. The van der Waals surface area contributed by atoms with E-state index in [1.165, 1.54) is 11.3 Å². The lowest BCUT2D eigenvalue weighted by Crippen LogP contribution is -2.43. The van der Waals surface area contributed by atoms with E-state index >= 15 is 0 Å². The van der Waals surface area contributed by atoms with Gasteiger partial charge in [0.15, 0.2) is 5.69 Å². The van der Waals surface area contributed by atoms with Crippen LogP contribution in [0.25, 0.3) is 5.69 Å². The Hall–Kier alpha value is -2.14. The number of aryl methyl sites for hydroxylation is 1. The van der Waals surface area contributed by atoms with Crippen LogP contribution >= 0.6 is 0 Å². The predicted molar refractivity (Wildman–Crippen MR) is 98.1 cm³/mol. The Morgan fingerprint density at radius 2 is 1.92 bits per heavy atom. The number of likely N-dealkylation sites (tertiary alicyclic amines) is 1. The lowest BCUT2D eigenvalue weighted by atomic mass is 10.1. The number of benzene rings is 1. The molecule has 0 spiro atoms. The van der Waals surface area contributed by atoms with Gasteiger partial charge < -0.3 is 10.6 Å². The Kier molecular flexibility index (Phi) is 4.34. The van der Waals surface area contributed by atoms with Crippen molar-refractivity contribution in [2.24, 2.45) is 5.73 Å². The van der Waals surface area contributed by atoms with Gasteiger partial charge in [-0.15, -0.1) is 0 Å². The number of hydrogen-bond donors (Lipinski definition) is 1. The number of nitrogens with zero attached hydrogens (tertiary/aromatic N) is 3. The van der Waals surface area contributed by atoms with Gasteiger partial charge in [-0.25, -0.2) is 4.68 Å². The maximum absolute atomic E-state index is 13.0. The van der Waals surface area contributed by atoms with Crippen LogP contribution in [0.3, 0.4) is 0 Å². The van der Waals surface area contributed by atoms with Crippen LogP contribution in [0.4, 0.5) is 0 Å². The zero-order chi connectivity index (χ0) is 17.4. The van der Waals surface area contributed by atoms with Crippen LogP contribution in [0.2, 0.25) is 0 Å². The van der Waals surface area contributed by atoms with Crippen molar-refractivity contribution in [3.8, 4) is 5.69 Å². The molecule has 1 aromatic carbocycles. The number of carbonyl (C=O) groups is 1. The quantitative estimate of drug-likeness (QED) is 0.935. The van der Waals surface area contributed by atoms with Gasteiger partial charge >= 0.3 is 0 Å². The summed E-state index contributed by atoms with van der Waals surface area (Å²) in [4.78, 5) is 14.9. The van der Waals surface area contributed by atoms with Gasteiger partial charge in [0.25, 0.3) is 5.91 Å². The lowest BCUT2D eigenvalue weighted by molar-refractivity contribution is 0.0707. The number of hydrogen-bond acceptors (Lipinski definition) is 3. The normalized spacial score (nSPS) is 17.8. The fraction of sp³-hybridized carbons (Fsp3) is 0.500. The van der Waals surface area contributed by atoms with Crippen molar-refractivity contribution in [3.63, 3.8) is 0 Å². The molecule has 1 fully saturated rings. The molecule has 25 heavy (non-hydrogen) atoms. The summed E-state index contributed by atoms with van der Waals surface area (Å²) >= 11 is 0. The minimum atomic E-state index is 0.0778. The van der Waals surface area contributed by atoms with E-state index in [2.05, 4.69) is 31.2 Å². The Morgan fingerprint density at radius 3 is 2.60 bits per heavy atom. The van der Waals surface area contributed by atoms with E-state index in [1.807, 2.05) is 9.58 Å². The van der Waals surface area contributed by atoms with Crippen LogP contribution in [-0.4, -0.2) is 39.7 Å². The molecule has 2 heterocycles. The molecule has 0 atom stereocenters. The summed E-state index contributed by atoms with van der Waals surface area (Å²) in [5.41, 5.74) is 11.4. The smallest absolute Gasteiger partial charge is 0.274 e. The summed E-state index contributed by atoms with van der Waals surface area (Å²) in [5, 5.41) is 4.75. The fourth-order valence-corrected chi connectivity index (χ4v) is 3.95. The molecule has 0 bridgehead atoms. The van der Waals surface area contributed by atoms with Crippen LogP contribution < -0.4 is 5.73 Å². The number of aromatic nitrogens is 2. The molecule has 1 saturated heterocycles. The van der Waals surface area contributed by atoms with Gasteiger partial charge in [-0.05, 0) is 56.2 Å². The molecule has 2 aliphatic rings. The molecule has 4 rings (SSSR count). The summed E-state index contributed by atoms with van der Waals surface area (Å²) in [5.74, 6) is 0.0778. The van der Waals surface area contributed by atoms with Crippen molar-refractivity contribution in [1.29, 1.82) is 0 Å². The van der Waals surface area contributed by atoms with Crippen LogP contribution in [-0.2, 0) is 19.3 Å². The van der Waals surface area contributed by atoms with Crippen molar-refractivity contribution in [2.75, 3.05) is 13.1 Å². The molecule has 2 aromatic rings. The zero-order valence-corrected chi connectivity index (χ0v) is 14.9. The van der Waals surface area contributed by atoms with Crippen LogP contribution in [0.1, 0.15) is 53.5 Å². The van der Waals surface area contributed by atoms with Crippen molar-refractivity contribution in [3.05, 3.63) is 46.8 Å². The van der Waals surface area contributed by atoms with Crippen LogP contribution in [0, 0.1) is 0 Å². The van der Waals surface area contributed by atoms with Gasteiger partial charge in [0.2, 0.25) is 0 Å². The zero-order valence-electron chi connectivity index (χ0n) is 14.9. The molecule has 1 aromatic heterocycles. The molecule has 5 heteroatoms. The van der Waals surface area contributed by atoms with Crippen molar-refractivity contribution < 1.29 is 4.79 Å². The monoisotopic (exact) mass is 338 g/mol. The minimum Gasteiger partial charge on any atom is -0.337 e. The maximum atomic E-state index is 13.0. The number of piperidine rings is 1. The van der Waals surface area contributed by atoms with Gasteiger partial charge in [0, 0.05) is 30.4 Å². The lowest BCUT2D eigenvalue weighted by Gasteiger charge is -2.29. The van der Waals surface area contributed by atoms with Gasteiger partial charge in [0.1, 0.15) is 0 Å². The predicted octanol–water partition coefficient (Wildman–Crippen LogP) is 2.49. The van der Waals surface area contributed by atoms with Gasteiger partial charge in [0.05, 0.1) is 5.69 Å². The third-order valence-corrected chi connectivity index (χ3v) is 5.55. The molecule has 0 saturated carbocycles. The number of fused-ring (bicyclic) bond motifs is 1. The standard InChI is InChI=1S/C20H26N4O/c1-2-14-6-8-16(9-7-14)24-18-5-3-4-17(18)19(22-24)20(25)23-12-10-15(21)11-13-23/h6-9,15H,2-5,10-13,21H2,1H3. The van der Waals surface area contributed by atoms with E-state index < -0.39 is 0 Å². The SMILES string of the molecule is CCc1ccc(-n2nc(C(=O)N3CCC(N)CC3)c3c2CCC3)cc1. The van der Waals surface area contributed by atoms with E-state index in [0.717, 1.165) is 62.9 Å². The highest BCUT2D eigenvalue weighted by Gasteiger charge is 2.30. The molecule has 5 nitrogen and oxygen atoms in total. The highest BCUT2D eigenvalue weighted by atomic mass is 16.2. The first kappa shape index (κ1) is 16.3. The Morgan fingerprint density at radius 1 is 1.20 bits per heavy atom. The maximum Gasteiger partial charge on any atom is 0.274 e. The molecule has 132 valence electrons. The second-order valence-corrected chi connectivity index (χ2v) is 7.19. The molecule has 0 unspecified atom stereocenters. The third kappa shape index (κ3) is 2.97. The molecule has 1 aliphatic heterocycles. The summed E-state index contributed by atoms with van der Waals surface area (Å²) in [6.45, 7) is 3.64. The minimum absolute atomic E-state index is 0.0778. The molecule has 2 N–H and O–H groups in total. The van der Waals surface area contributed by atoms with Gasteiger partial charge in [-0.3, -0.25) is 4.79 Å². The van der Waals surface area contributed by atoms with E-state index in [1.54, 1.807) is 0 Å². The van der Waals surface area contributed by atoms with E-state index in [-0.39, 0.29) is 11.9 Å². The Labute approximate surface area is 148 Å². The number of carbonyl (C=O) groups excluding carboxylic acids is 1. The van der Waals surface area contributed by atoms with Crippen LogP contribution in [0.5, 0.6) is 0 Å². The summed E-state index contributed by atoms with van der Waals surface area (Å²) in [6, 6.07) is 8.74. The number of rotatable bonds is 3. The molecule has 1 aliphatic carbocycles. The topological polar surface area (TPSA) is 64.2 Å². The fourth-order valence-electron chi connectivity index (χ4n) is 3.95. The van der Waals surface area contributed by atoms with Crippen molar-refractivity contribution in [2.45, 2.75) is 51.5 Å². The Bertz CT molecular complexity index is 770. The number of amides is 1. The first-order chi connectivity index (χ1) is 12.2. The second-order valence-electron chi connectivity index (χ2n) is 7.19. The molecular formula is C20H26N4O. The highest BCUT2D eigenvalue weighted by Crippen LogP contribution is 2.29. The van der Waals surface area contributed by atoms with E-state index in [9.17, 15) is 4.79 Å². The summed E-state index contributed by atoms with van der Waals surface area (Å²) in [6.07, 6.45) is 5.84. The summed E-state index contributed by atoms with van der Waals surface area (Å²) < 4.78 is 1.99. The average molecular weight is 338 g/mol. The number of nitrogens with two attached hydrogens (primary N) is 1. The molecular weight excluding hydrogens is 312 g/mol. The largest absolute Gasteiger partial charge is 0.337 e. The third-order valence-electron chi connectivity index (χ3n) is 5.55. The average Bonchev–Trinajstić information content (AvgIpc) is 3.24. The van der Waals surface area contributed by atoms with Gasteiger partial charge in [-0.2, -0.15) is 5.10 Å². The van der Waals surface area contributed by atoms with Crippen LogP contribution in [0.15, 0.2) is 24.3 Å². The van der Waals surface area contributed by atoms with Crippen molar-refractivity contribution in [1.82, 2.24) is 14.7 Å². The first-order valence-electron chi connectivity index (χ1n) is 9.42. The second kappa shape index (κ2) is 6.64. The first-order valence-corrected chi connectivity index (χ1v) is 9.42. The highest BCUT2D eigenvalue weighted by molar-refractivity contribution is 5.94.